The summed E-state index contributed by atoms with van der Waals surface area (Å²) >= 11 is 6.08. The molecule has 19 heavy (non-hydrogen) atoms. The maximum Gasteiger partial charge on any atom is 0.0816 e. The quantitative estimate of drug-likeness (QED) is 0.871. The number of aliphatic hydroxyl groups is 1. The molecule has 2 rings (SSSR count). The van der Waals surface area contributed by atoms with Gasteiger partial charge in [0.15, 0.2) is 0 Å². The van der Waals surface area contributed by atoms with Crippen LogP contribution in [0.2, 0.25) is 5.02 Å². The molecular formula is C15H22ClNO2. The molecule has 1 aliphatic heterocycles. The Kier molecular flexibility index (Phi) is 5.64. The van der Waals surface area contributed by atoms with Crippen LogP contribution in [0, 0.1) is 0 Å². The van der Waals surface area contributed by atoms with Crippen LogP contribution in [0.25, 0.3) is 0 Å². The SMILES string of the molecule is CN(CCC(O)c1ccccc1Cl)CC1CCCO1. The fourth-order valence-electron chi connectivity index (χ4n) is 2.47. The van der Waals surface area contributed by atoms with Crippen molar-refractivity contribution in [3.05, 3.63) is 34.9 Å². The Balaban J connectivity index is 1.76. The normalized spacial score (nSPS) is 20.9. The molecule has 0 bridgehead atoms. The van der Waals surface area contributed by atoms with Gasteiger partial charge >= 0.3 is 0 Å². The van der Waals surface area contributed by atoms with Crippen molar-refractivity contribution in [2.75, 3.05) is 26.7 Å². The molecule has 1 saturated heterocycles. The van der Waals surface area contributed by atoms with Crippen molar-refractivity contribution < 1.29 is 9.84 Å². The zero-order valence-electron chi connectivity index (χ0n) is 11.4. The molecule has 106 valence electrons. The summed E-state index contributed by atoms with van der Waals surface area (Å²) in [5, 5.41) is 10.8. The van der Waals surface area contributed by atoms with Gasteiger partial charge in [0.1, 0.15) is 0 Å². The van der Waals surface area contributed by atoms with E-state index >= 15 is 0 Å². The minimum absolute atomic E-state index is 0.363. The second-order valence-corrected chi connectivity index (χ2v) is 5.63. The molecule has 1 aromatic carbocycles. The van der Waals surface area contributed by atoms with Crippen LogP contribution in [-0.4, -0.2) is 42.9 Å². The minimum atomic E-state index is -0.499. The number of hydrogen-bond donors (Lipinski definition) is 1. The molecule has 3 nitrogen and oxygen atoms in total. The average molecular weight is 284 g/mol. The van der Waals surface area contributed by atoms with E-state index in [1.165, 1.54) is 6.42 Å². The molecule has 0 aliphatic carbocycles. The van der Waals surface area contributed by atoms with E-state index in [2.05, 4.69) is 11.9 Å². The molecule has 2 unspecified atom stereocenters. The first-order valence-electron chi connectivity index (χ1n) is 6.89. The van der Waals surface area contributed by atoms with Gasteiger partial charge in [0.2, 0.25) is 0 Å². The second kappa shape index (κ2) is 7.25. The summed E-state index contributed by atoms with van der Waals surface area (Å²) in [7, 11) is 2.07. The molecular weight excluding hydrogens is 262 g/mol. The van der Waals surface area contributed by atoms with Crippen molar-refractivity contribution in [1.82, 2.24) is 4.90 Å². The molecule has 2 atom stereocenters. The minimum Gasteiger partial charge on any atom is -0.388 e. The van der Waals surface area contributed by atoms with Crippen molar-refractivity contribution in [2.24, 2.45) is 0 Å². The lowest BCUT2D eigenvalue weighted by Gasteiger charge is -2.22. The highest BCUT2D eigenvalue weighted by Gasteiger charge is 2.18. The van der Waals surface area contributed by atoms with Gasteiger partial charge in [0, 0.05) is 24.7 Å². The van der Waals surface area contributed by atoms with Gasteiger partial charge in [0.25, 0.3) is 0 Å². The van der Waals surface area contributed by atoms with Crippen molar-refractivity contribution in [2.45, 2.75) is 31.5 Å². The third-order valence-corrected chi connectivity index (χ3v) is 3.93. The Morgan fingerprint density at radius 3 is 2.95 bits per heavy atom. The maximum atomic E-state index is 10.2. The van der Waals surface area contributed by atoms with E-state index < -0.39 is 6.10 Å². The second-order valence-electron chi connectivity index (χ2n) is 5.22. The number of hydrogen-bond acceptors (Lipinski definition) is 3. The summed E-state index contributed by atoms with van der Waals surface area (Å²) in [4.78, 5) is 2.22. The number of rotatable bonds is 6. The molecule has 0 amide bonds. The third kappa shape index (κ3) is 4.46. The third-order valence-electron chi connectivity index (χ3n) is 3.59. The lowest BCUT2D eigenvalue weighted by Crippen LogP contribution is -2.30. The molecule has 1 N–H and O–H groups in total. The van der Waals surface area contributed by atoms with E-state index in [0.29, 0.717) is 17.5 Å². The van der Waals surface area contributed by atoms with Gasteiger partial charge in [-0.1, -0.05) is 29.8 Å². The largest absolute Gasteiger partial charge is 0.388 e. The first-order valence-corrected chi connectivity index (χ1v) is 7.27. The predicted octanol–water partition coefficient (Wildman–Crippen LogP) is 2.87. The fraction of sp³-hybridized carbons (Fsp3) is 0.600. The zero-order chi connectivity index (χ0) is 13.7. The Morgan fingerprint density at radius 1 is 1.47 bits per heavy atom. The van der Waals surface area contributed by atoms with Crippen molar-refractivity contribution in [3.8, 4) is 0 Å². The lowest BCUT2D eigenvalue weighted by molar-refractivity contribution is 0.0740. The number of halogens is 1. The van der Waals surface area contributed by atoms with Gasteiger partial charge in [0.05, 0.1) is 12.2 Å². The van der Waals surface area contributed by atoms with Crippen LogP contribution >= 0.6 is 11.6 Å². The van der Waals surface area contributed by atoms with Crippen LogP contribution in [0.3, 0.4) is 0 Å². The number of benzene rings is 1. The van der Waals surface area contributed by atoms with Crippen LogP contribution < -0.4 is 0 Å². The van der Waals surface area contributed by atoms with Crippen LogP contribution in [0.5, 0.6) is 0 Å². The molecule has 0 saturated carbocycles. The standard InChI is InChI=1S/C15H22ClNO2/c1-17(11-12-5-4-10-19-12)9-8-15(18)13-6-2-3-7-14(13)16/h2-3,6-7,12,15,18H,4-5,8-11H2,1H3. The van der Waals surface area contributed by atoms with Crippen molar-refractivity contribution in [3.63, 3.8) is 0 Å². The summed E-state index contributed by atoms with van der Waals surface area (Å²) < 4.78 is 5.61. The topological polar surface area (TPSA) is 32.7 Å². The molecule has 1 heterocycles. The van der Waals surface area contributed by atoms with Gasteiger partial charge in [-0.15, -0.1) is 0 Å². The van der Waals surface area contributed by atoms with E-state index in [-0.39, 0.29) is 0 Å². The van der Waals surface area contributed by atoms with Crippen LogP contribution in [0.1, 0.15) is 30.9 Å². The first-order chi connectivity index (χ1) is 9.16. The number of ether oxygens (including phenoxy) is 1. The highest BCUT2D eigenvalue weighted by molar-refractivity contribution is 6.31. The summed E-state index contributed by atoms with van der Waals surface area (Å²) in [6.45, 7) is 2.67. The van der Waals surface area contributed by atoms with Gasteiger partial charge < -0.3 is 14.7 Å². The zero-order valence-corrected chi connectivity index (χ0v) is 12.1. The molecule has 0 spiro atoms. The maximum absolute atomic E-state index is 10.2. The Labute approximate surface area is 120 Å². The highest BCUT2D eigenvalue weighted by Crippen LogP contribution is 2.25. The average Bonchev–Trinajstić information content (AvgIpc) is 2.89. The Hall–Kier alpha value is -0.610. The predicted molar refractivity (Wildman–Crippen MR) is 77.5 cm³/mol. The summed E-state index contributed by atoms with van der Waals surface area (Å²) in [5.74, 6) is 0. The lowest BCUT2D eigenvalue weighted by atomic mass is 10.1. The van der Waals surface area contributed by atoms with E-state index in [4.69, 9.17) is 16.3 Å². The highest BCUT2D eigenvalue weighted by atomic mass is 35.5. The van der Waals surface area contributed by atoms with Crippen LogP contribution in [-0.2, 0) is 4.74 Å². The number of nitrogens with zero attached hydrogens (tertiary/aromatic N) is 1. The summed E-state index contributed by atoms with van der Waals surface area (Å²) in [6, 6.07) is 7.48. The van der Waals surface area contributed by atoms with Gasteiger partial charge in [-0.25, -0.2) is 0 Å². The molecule has 0 radical (unpaired) electrons. The summed E-state index contributed by atoms with van der Waals surface area (Å²) in [6.07, 6.45) is 2.87. The van der Waals surface area contributed by atoms with E-state index in [1.54, 1.807) is 0 Å². The van der Waals surface area contributed by atoms with Crippen molar-refractivity contribution >= 4 is 11.6 Å². The van der Waals surface area contributed by atoms with Crippen LogP contribution in [0.15, 0.2) is 24.3 Å². The molecule has 1 aliphatic rings. The summed E-state index contributed by atoms with van der Waals surface area (Å²) in [5.41, 5.74) is 0.815. The van der Waals surface area contributed by atoms with E-state index in [0.717, 1.165) is 31.7 Å². The van der Waals surface area contributed by atoms with E-state index in [9.17, 15) is 5.11 Å². The Bertz CT molecular complexity index is 393. The Morgan fingerprint density at radius 2 is 2.26 bits per heavy atom. The smallest absolute Gasteiger partial charge is 0.0816 e. The van der Waals surface area contributed by atoms with Crippen molar-refractivity contribution in [1.29, 1.82) is 0 Å². The van der Waals surface area contributed by atoms with Gasteiger partial charge in [-0.2, -0.15) is 0 Å². The fourth-order valence-corrected chi connectivity index (χ4v) is 2.73. The molecule has 4 heteroatoms. The van der Waals surface area contributed by atoms with Gasteiger partial charge in [-0.05, 0) is 37.9 Å². The first kappa shape index (κ1) is 14.8. The molecule has 1 aromatic rings. The monoisotopic (exact) mass is 283 g/mol. The molecule has 1 fully saturated rings. The van der Waals surface area contributed by atoms with Crippen LogP contribution in [0.4, 0.5) is 0 Å². The van der Waals surface area contributed by atoms with Gasteiger partial charge in [-0.3, -0.25) is 0 Å². The molecule has 0 aromatic heterocycles. The van der Waals surface area contributed by atoms with E-state index in [1.807, 2.05) is 24.3 Å². The number of aliphatic hydroxyl groups excluding tert-OH is 1. The number of likely N-dealkylation sites (N-methyl/N-ethyl adjacent to an activating group) is 1.